The van der Waals surface area contributed by atoms with Gasteiger partial charge in [0.25, 0.3) is 5.91 Å². The zero-order valence-electron chi connectivity index (χ0n) is 16.3. The molecule has 25 heavy (non-hydrogen) atoms. The lowest BCUT2D eigenvalue weighted by Crippen LogP contribution is -2.40. The number of hydrogen-bond acceptors (Lipinski definition) is 4. The number of carbonyl (C=O) groups excluding carboxylic acids is 1. The van der Waals surface area contributed by atoms with Crippen molar-refractivity contribution in [3.63, 3.8) is 0 Å². The molecule has 0 spiro atoms. The second-order valence-electron chi connectivity index (χ2n) is 7.14. The van der Waals surface area contributed by atoms with E-state index in [9.17, 15) is 15.2 Å². The number of likely N-dealkylation sites (N-methyl/N-ethyl adjacent to an activating group) is 1. The molecular weight excluding hydrogens is 318 g/mol. The van der Waals surface area contributed by atoms with Gasteiger partial charge in [-0.25, -0.2) is 0 Å². The van der Waals surface area contributed by atoms with Crippen LogP contribution in [-0.4, -0.2) is 53.4 Å². The lowest BCUT2D eigenvalue weighted by atomic mass is 10.1. The molecule has 0 saturated heterocycles. The fourth-order valence-corrected chi connectivity index (χ4v) is 3.10. The van der Waals surface area contributed by atoms with E-state index in [1.54, 1.807) is 34.1 Å². The predicted octanol–water partition coefficient (Wildman–Crippen LogP) is 2.45. The van der Waals surface area contributed by atoms with Crippen LogP contribution < -0.4 is 0 Å². The second-order valence-corrected chi connectivity index (χ2v) is 7.14. The molecule has 0 radical (unpaired) electrons. The molecule has 0 fully saturated rings. The molecule has 1 atom stereocenters. The molecule has 6 heteroatoms. The zero-order chi connectivity index (χ0) is 19.4. The first-order chi connectivity index (χ1) is 11.5. The van der Waals surface area contributed by atoms with Crippen LogP contribution >= 0.6 is 0 Å². The van der Waals surface area contributed by atoms with Crippen molar-refractivity contribution in [2.45, 2.75) is 46.3 Å². The number of nitriles is 1. The second kappa shape index (κ2) is 8.32. The van der Waals surface area contributed by atoms with Crippen molar-refractivity contribution in [1.29, 1.82) is 5.26 Å². The summed E-state index contributed by atoms with van der Waals surface area (Å²) in [5.41, 5.74) is 1.89. The highest BCUT2D eigenvalue weighted by Crippen LogP contribution is 2.23. The predicted molar refractivity (Wildman–Crippen MR) is 98.0 cm³/mol. The minimum Gasteiger partial charge on any atom is -0.389 e. The number of amides is 1. The van der Waals surface area contributed by atoms with Crippen LogP contribution in [-0.2, 0) is 9.53 Å². The van der Waals surface area contributed by atoms with Crippen molar-refractivity contribution in [2.24, 2.45) is 0 Å². The van der Waals surface area contributed by atoms with Gasteiger partial charge in [-0.05, 0) is 52.3 Å². The molecule has 0 aliphatic carbocycles. The summed E-state index contributed by atoms with van der Waals surface area (Å²) in [5, 5.41) is 19.3. The van der Waals surface area contributed by atoms with Crippen LogP contribution in [0.4, 0.5) is 0 Å². The number of aryl methyl sites for hydroxylation is 1. The van der Waals surface area contributed by atoms with Gasteiger partial charge in [0.05, 0.1) is 18.2 Å². The summed E-state index contributed by atoms with van der Waals surface area (Å²) in [6, 6.07) is 4.10. The van der Waals surface area contributed by atoms with Crippen LogP contribution in [0.25, 0.3) is 6.08 Å². The number of hydrogen-bond donors (Lipinski definition) is 1. The smallest absolute Gasteiger partial charge is 0.264 e. The molecule has 1 rings (SSSR count). The van der Waals surface area contributed by atoms with Crippen molar-refractivity contribution in [1.82, 2.24) is 9.47 Å². The third kappa shape index (κ3) is 5.45. The van der Waals surface area contributed by atoms with Crippen LogP contribution in [0.3, 0.4) is 0 Å². The van der Waals surface area contributed by atoms with Crippen LogP contribution in [0.15, 0.2) is 11.6 Å². The Kier molecular flexibility index (Phi) is 6.97. The van der Waals surface area contributed by atoms with E-state index in [0.29, 0.717) is 6.61 Å². The molecule has 0 aliphatic rings. The third-order valence-corrected chi connectivity index (χ3v) is 3.99. The Labute approximate surface area is 150 Å². The van der Waals surface area contributed by atoms with Gasteiger partial charge in [0.2, 0.25) is 0 Å². The van der Waals surface area contributed by atoms with E-state index in [4.69, 9.17) is 4.74 Å². The Bertz CT molecular complexity index is 690. The van der Waals surface area contributed by atoms with Gasteiger partial charge in [-0.1, -0.05) is 0 Å². The Morgan fingerprint density at radius 1 is 1.52 bits per heavy atom. The Balaban J connectivity index is 3.17. The molecule has 0 saturated carbocycles. The van der Waals surface area contributed by atoms with Gasteiger partial charge in [0.15, 0.2) is 0 Å². The Morgan fingerprint density at radius 2 is 2.12 bits per heavy atom. The maximum Gasteiger partial charge on any atom is 0.264 e. The van der Waals surface area contributed by atoms with Crippen LogP contribution in [0, 0.1) is 25.2 Å². The molecule has 0 bridgehead atoms. The fourth-order valence-electron chi connectivity index (χ4n) is 3.10. The van der Waals surface area contributed by atoms with Crippen LogP contribution in [0.2, 0.25) is 0 Å². The monoisotopic (exact) mass is 347 g/mol. The van der Waals surface area contributed by atoms with E-state index in [-0.39, 0.29) is 18.2 Å². The van der Waals surface area contributed by atoms with Gasteiger partial charge >= 0.3 is 0 Å². The lowest BCUT2D eigenvalue weighted by Gasteiger charge is -2.25. The van der Waals surface area contributed by atoms with E-state index in [2.05, 4.69) is 11.5 Å². The van der Waals surface area contributed by atoms with Crippen molar-refractivity contribution in [3.05, 3.63) is 28.6 Å². The molecule has 1 N–H and O–H groups in total. The molecule has 138 valence electrons. The van der Waals surface area contributed by atoms with Gasteiger partial charge in [-0.15, -0.1) is 0 Å². The van der Waals surface area contributed by atoms with Gasteiger partial charge < -0.3 is 19.3 Å². The molecule has 0 aromatic carbocycles. The minimum atomic E-state index is -1.02. The van der Waals surface area contributed by atoms with Crippen LogP contribution in [0.5, 0.6) is 0 Å². The van der Waals surface area contributed by atoms with E-state index in [0.717, 1.165) is 17.0 Å². The van der Waals surface area contributed by atoms with E-state index < -0.39 is 11.5 Å². The molecule has 1 unspecified atom stereocenters. The van der Waals surface area contributed by atoms with E-state index in [1.165, 1.54) is 4.90 Å². The van der Waals surface area contributed by atoms with Gasteiger partial charge in [-0.3, -0.25) is 4.79 Å². The highest BCUT2D eigenvalue weighted by Gasteiger charge is 2.22. The van der Waals surface area contributed by atoms with Crippen molar-refractivity contribution in [2.75, 3.05) is 27.3 Å². The lowest BCUT2D eigenvalue weighted by molar-refractivity contribution is -0.128. The number of nitrogens with zero attached hydrogens (tertiary/aromatic N) is 3. The summed E-state index contributed by atoms with van der Waals surface area (Å²) in [6.45, 7) is 9.99. The molecule has 1 amide bonds. The summed E-state index contributed by atoms with van der Waals surface area (Å²) in [7, 11) is 3.24. The highest BCUT2D eigenvalue weighted by atomic mass is 16.5. The number of aromatic nitrogens is 1. The zero-order valence-corrected chi connectivity index (χ0v) is 16.3. The third-order valence-electron chi connectivity index (χ3n) is 3.99. The van der Waals surface area contributed by atoms with E-state index in [1.807, 2.05) is 26.0 Å². The average Bonchev–Trinajstić information content (AvgIpc) is 2.76. The summed E-state index contributed by atoms with van der Waals surface area (Å²) < 4.78 is 7.36. The molecule has 1 aromatic heterocycles. The first-order valence-electron chi connectivity index (χ1n) is 8.28. The maximum atomic E-state index is 12.5. The molecule has 0 aliphatic heterocycles. The first kappa shape index (κ1) is 20.9. The SMILES string of the molecule is COCC(C)n1c(C)cc(/C=C(/C#N)C(=O)N(C)CC(C)(C)O)c1C. The summed E-state index contributed by atoms with van der Waals surface area (Å²) >= 11 is 0. The molecule has 1 aromatic rings. The Hall–Kier alpha value is -2.10. The quantitative estimate of drug-likeness (QED) is 0.607. The number of rotatable bonds is 7. The maximum absolute atomic E-state index is 12.5. The topological polar surface area (TPSA) is 78.5 Å². The fraction of sp³-hybridized carbons (Fsp3) is 0.579. The number of carbonyl (C=O) groups is 1. The summed E-state index contributed by atoms with van der Waals surface area (Å²) in [6.07, 6.45) is 1.61. The summed E-state index contributed by atoms with van der Waals surface area (Å²) in [4.78, 5) is 13.9. The summed E-state index contributed by atoms with van der Waals surface area (Å²) in [5.74, 6) is -0.403. The molecule has 1 heterocycles. The minimum absolute atomic E-state index is 0.0476. The first-order valence-corrected chi connectivity index (χ1v) is 8.28. The number of aliphatic hydroxyl groups is 1. The molecule has 6 nitrogen and oxygen atoms in total. The highest BCUT2D eigenvalue weighted by molar-refractivity contribution is 6.01. The Morgan fingerprint density at radius 3 is 2.60 bits per heavy atom. The van der Waals surface area contributed by atoms with Gasteiger partial charge in [0.1, 0.15) is 11.6 Å². The van der Waals surface area contributed by atoms with Crippen LogP contribution in [0.1, 0.15) is 43.8 Å². The van der Waals surface area contributed by atoms with Crippen molar-refractivity contribution >= 4 is 12.0 Å². The largest absolute Gasteiger partial charge is 0.389 e. The normalized spacial score (nSPS) is 13.5. The number of ether oxygens (including phenoxy) is 1. The van der Waals surface area contributed by atoms with Crippen molar-refractivity contribution < 1.29 is 14.6 Å². The van der Waals surface area contributed by atoms with E-state index >= 15 is 0 Å². The van der Waals surface area contributed by atoms with Gasteiger partial charge in [0, 0.05) is 32.1 Å². The number of methoxy groups -OCH3 is 1. The van der Waals surface area contributed by atoms with Crippen molar-refractivity contribution in [3.8, 4) is 6.07 Å². The average molecular weight is 347 g/mol. The van der Waals surface area contributed by atoms with Gasteiger partial charge in [-0.2, -0.15) is 5.26 Å². The molecular formula is C19H29N3O3. The standard InChI is InChI=1S/C19H29N3O3/c1-13-8-16(15(3)22(13)14(2)11-25-7)9-17(10-20)18(23)21(6)12-19(4,5)24/h8-9,14,24H,11-12H2,1-7H3/b17-9-.